The highest BCUT2D eigenvalue weighted by molar-refractivity contribution is 5.33. The number of benzene rings is 1. The van der Waals surface area contributed by atoms with Gasteiger partial charge < -0.3 is 10.0 Å². The van der Waals surface area contributed by atoms with Crippen LogP contribution in [0.3, 0.4) is 0 Å². The van der Waals surface area contributed by atoms with E-state index in [9.17, 15) is 5.21 Å². The van der Waals surface area contributed by atoms with Gasteiger partial charge in [-0.15, -0.1) is 0 Å². The molecule has 0 bridgehead atoms. The van der Waals surface area contributed by atoms with Gasteiger partial charge in [0.25, 0.3) is 0 Å². The SMILES string of the molecule is [O-][NH+]1CCc2ccccc2O1. The van der Waals surface area contributed by atoms with Crippen molar-refractivity contribution >= 4 is 0 Å². The Morgan fingerprint density at radius 1 is 1.36 bits per heavy atom. The normalized spacial score (nSPS) is 22.1. The molecule has 1 N–H and O–H groups in total. The van der Waals surface area contributed by atoms with Crippen molar-refractivity contribution < 1.29 is 10.1 Å². The summed E-state index contributed by atoms with van der Waals surface area (Å²) in [5, 5.41) is 10.7. The van der Waals surface area contributed by atoms with Crippen molar-refractivity contribution in [3.05, 3.63) is 35.0 Å². The quantitative estimate of drug-likeness (QED) is 0.526. The van der Waals surface area contributed by atoms with Crippen LogP contribution < -0.4 is 10.1 Å². The number of hydrogen-bond acceptors (Lipinski definition) is 2. The number of fused-ring (bicyclic) bond motifs is 1. The Morgan fingerprint density at radius 2 is 2.18 bits per heavy atom. The third-order valence-electron chi connectivity index (χ3n) is 1.79. The molecule has 3 nitrogen and oxygen atoms in total. The molecule has 0 aliphatic carbocycles. The number of para-hydroxylation sites is 1. The fourth-order valence-corrected chi connectivity index (χ4v) is 1.22. The molecule has 58 valence electrons. The number of quaternary nitrogens is 1. The Kier molecular flexibility index (Phi) is 1.52. The van der Waals surface area contributed by atoms with Crippen LogP contribution in [0.1, 0.15) is 5.56 Å². The Balaban J connectivity index is 2.34. The van der Waals surface area contributed by atoms with Crippen LogP contribution in [0, 0.1) is 5.21 Å². The number of hydroxylamine groups is 2. The van der Waals surface area contributed by atoms with Crippen molar-refractivity contribution in [2.75, 3.05) is 6.54 Å². The van der Waals surface area contributed by atoms with Gasteiger partial charge in [0.05, 0.1) is 0 Å². The van der Waals surface area contributed by atoms with E-state index in [-0.39, 0.29) is 5.23 Å². The number of nitrogens with one attached hydrogen (secondary N) is 1. The molecule has 0 radical (unpaired) electrons. The van der Waals surface area contributed by atoms with Crippen LogP contribution in [-0.2, 0) is 6.42 Å². The van der Waals surface area contributed by atoms with Crippen LogP contribution in [-0.4, -0.2) is 6.54 Å². The molecule has 1 atom stereocenters. The van der Waals surface area contributed by atoms with E-state index in [4.69, 9.17) is 4.84 Å². The number of hydrogen-bond donors (Lipinski definition) is 1. The Bertz CT molecular complexity index is 262. The van der Waals surface area contributed by atoms with Crippen molar-refractivity contribution in [1.82, 2.24) is 0 Å². The third kappa shape index (κ3) is 1.20. The van der Waals surface area contributed by atoms with Crippen molar-refractivity contribution in [2.24, 2.45) is 0 Å². The van der Waals surface area contributed by atoms with Crippen LogP contribution in [0.15, 0.2) is 24.3 Å². The monoisotopic (exact) mass is 151 g/mol. The molecule has 1 heterocycles. The largest absolute Gasteiger partial charge is 0.591 e. The predicted octanol–water partition coefficient (Wildman–Crippen LogP) is -0.0808. The summed E-state index contributed by atoms with van der Waals surface area (Å²) in [5.74, 6) is 0.726. The summed E-state index contributed by atoms with van der Waals surface area (Å²) < 4.78 is 0. The van der Waals surface area contributed by atoms with Gasteiger partial charge in [0.15, 0.2) is 5.75 Å². The van der Waals surface area contributed by atoms with Gasteiger partial charge in [-0.25, -0.2) is 0 Å². The Labute approximate surface area is 64.7 Å². The van der Waals surface area contributed by atoms with Crippen LogP contribution in [0.4, 0.5) is 0 Å². The average Bonchev–Trinajstić information content (AvgIpc) is 2.04. The molecule has 11 heavy (non-hydrogen) atoms. The fourth-order valence-electron chi connectivity index (χ4n) is 1.22. The summed E-state index contributed by atoms with van der Waals surface area (Å²) in [6.45, 7) is 0.511. The molecular formula is C8H9NO2. The van der Waals surface area contributed by atoms with Crippen LogP contribution in [0.2, 0.25) is 0 Å². The minimum atomic E-state index is -0.122. The summed E-state index contributed by atoms with van der Waals surface area (Å²) in [4.78, 5) is 4.99. The van der Waals surface area contributed by atoms with Crippen LogP contribution in [0.25, 0.3) is 0 Å². The second-order valence-electron chi connectivity index (χ2n) is 2.58. The number of rotatable bonds is 0. The summed E-state index contributed by atoms with van der Waals surface area (Å²) in [6, 6.07) is 7.64. The van der Waals surface area contributed by atoms with Gasteiger partial charge >= 0.3 is 0 Å². The second kappa shape index (κ2) is 2.53. The summed E-state index contributed by atoms with van der Waals surface area (Å²) >= 11 is 0. The van der Waals surface area contributed by atoms with Crippen molar-refractivity contribution in [2.45, 2.75) is 6.42 Å². The molecule has 0 fully saturated rings. The molecule has 0 saturated heterocycles. The second-order valence-corrected chi connectivity index (χ2v) is 2.58. The Hall–Kier alpha value is -1.06. The lowest BCUT2D eigenvalue weighted by atomic mass is 10.1. The van der Waals surface area contributed by atoms with E-state index in [0.29, 0.717) is 6.54 Å². The summed E-state index contributed by atoms with van der Waals surface area (Å²) in [6.07, 6.45) is 0.814. The first-order valence-electron chi connectivity index (χ1n) is 3.65. The van der Waals surface area contributed by atoms with Crippen molar-refractivity contribution in [1.29, 1.82) is 0 Å². The fraction of sp³-hybridized carbons (Fsp3) is 0.250. The highest BCUT2D eigenvalue weighted by atomic mass is 16.9. The van der Waals surface area contributed by atoms with Gasteiger partial charge in [-0.1, -0.05) is 18.2 Å². The van der Waals surface area contributed by atoms with Crippen molar-refractivity contribution in [3.8, 4) is 5.75 Å². The maximum atomic E-state index is 10.8. The van der Waals surface area contributed by atoms with E-state index >= 15 is 0 Å². The van der Waals surface area contributed by atoms with E-state index in [0.717, 1.165) is 17.7 Å². The zero-order valence-electron chi connectivity index (χ0n) is 6.04. The van der Waals surface area contributed by atoms with Gasteiger partial charge in [-0.3, -0.25) is 0 Å². The van der Waals surface area contributed by atoms with E-state index in [1.54, 1.807) is 0 Å². The van der Waals surface area contributed by atoms with Gasteiger partial charge in [-0.05, 0) is 6.07 Å². The minimum absolute atomic E-state index is 0.122. The molecule has 1 aromatic carbocycles. The standard InChI is InChI=1S/C8H9NO2/c10-9-6-5-7-3-1-2-4-8(7)11-9/h1-4,9H,5-6H2. The topological polar surface area (TPSA) is 36.7 Å². The molecule has 0 aromatic heterocycles. The molecule has 1 aromatic rings. The molecule has 1 aliphatic heterocycles. The van der Waals surface area contributed by atoms with Gasteiger partial charge in [-0.2, -0.15) is 5.23 Å². The van der Waals surface area contributed by atoms with E-state index < -0.39 is 0 Å². The first-order chi connectivity index (χ1) is 5.36. The smallest absolute Gasteiger partial charge is 0.193 e. The lowest BCUT2D eigenvalue weighted by Crippen LogP contribution is -3.10. The lowest BCUT2D eigenvalue weighted by molar-refractivity contribution is -1.02. The van der Waals surface area contributed by atoms with E-state index in [1.807, 2.05) is 24.3 Å². The van der Waals surface area contributed by atoms with Gasteiger partial charge in [0, 0.05) is 12.0 Å². The van der Waals surface area contributed by atoms with Crippen LogP contribution >= 0.6 is 0 Å². The molecular weight excluding hydrogens is 142 g/mol. The molecule has 1 unspecified atom stereocenters. The van der Waals surface area contributed by atoms with Crippen molar-refractivity contribution in [3.63, 3.8) is 0 Å². The predicted molar refractivity (Wildman–Crippen MR) is 40.0 cm³/mol. The van der Waals surface area contributed by atoms with Crippen LogP contribution in [0.5, 0.6) is 5.75 Å². The van der Waals surface area contributed by atoms with Gasteiger partial charge in [0.1, 0.15) is 6.54 Å². The molecule has 0 spiro atoms. The van der Waals surface area contributed by atoms with E-state index in [2.05, 4.69) is 0 Å². The highest BCUT2D eigenvalue weighted by Crippen LogP contribution is 2.17. The summed E-state index contributed by atoms with van der Waals surface area (Å²) in [7, 11) is 0. The maximum Gasteiger partial charge on any atom is 0.193 e. The van der Waals surface area contributed by atoms with Gasteiger partial charge in [0.2, 0.25) is 0 Å². The molecule has 0 saturated carbocycles. The Morgan fingerprint density at radius 3 is 3.09 bits per heavy atom. The minimum Gasteiger partial charge on any atom is -0.591 e. The highest BCUT2D eigenvalue weighted by Gasteiger charge is 2.13. The lowest BCUT2D eigenvalue weighted by Gasteiger charge is -2.25. The zero-order valence-corrected chi connectivity index (χ0v) is 6.04. The molecule has 0 amide bonds. The molecule has 2 rings (SSSR count). The first-order valence-corrected chi connectivity index (χ1v) is 3.65. The molecule has 3 heteroatoms. The van der Waals surface area contributed by atoms with E-state index in [1.165, 1.54) is 0 Å². The average molecular weight is 151 g/mol. The third-order valence-corrected chi connectivity index (χ3v) is 1.79. The first kappa shape index (κ1) is 6.64. The molecule has 1 aliphatic rings. The summed E-state index contributed by atoms with van der Waals surface area (Å²) in [5.41, 5.74) is 1.13. The zero-order chi connectivity index (χ0) is 7.68. The maximum absolute atomic E-state index is 10.8.